The molecule has 0 unspecified atom stereocenters. The predicted octanol–water partition coefficient (Wildman–Crippen LogP) is 7.46. The van der Waals surface area contributed by atoms with Gasteiger partial charge in [-0.25, -0.2) is 0 Å². The average molecular weight is 482 g/mol. The number of halogens is 3. The molecule has 0 atom stereocenters. The molecule has 0 radical (unpaired) electrons. The van der Waals surface area contributed by atoms with Crippen molar-refractivity contribution in [2.75, 3.05) is 21.3 Å². The molecule has 3 aromatic carbocycles. The maximum atomic E-state index is 6.18. The Labute approximate surface area is 199 Å². The van der Waals surface area contributed by atoms with E-state index in [9.17, 15) is 0 Å². The summed E-state index contributed by atoms with van der Waals surface area (Å²) in [6, 6.07) is 23.1. The smallest absolute Gasteiger partial charge is 0.201 e. The number of rotatable bonds is 6. The highest BCUT2D eigenvalue weighted by Gasteiger charge is 2.35. The van der Waals surface area contributed by atoms with Gasteiger partial charge in [-0.05, 0) is 59.5 Å². The van der Waals surface area contributed by atoms with Crippen molar-refractivity contribution in [2.45, 2.75) is 23.1 Å². The maximum Gasteiger partial charge on any atom is 0.201 e. The SMILES string of the molecule is CCc1ccc(OC)cc1.COc1ccc(C(c2ccc(OC)cc2)C(Cl)(Cl)Cl)cc1. The summed E-state index contributed by atoms with van der Waals surface area (Å²) in [7, 11) is 4.91. The van der Waals surface area contributed by atoms with Crippen LogP contribution >= 0.6 is 34.8 Å². The van der Waals surface area contributed by atoms with E-state index in [0.717, 1.165) is 34.8 Å². The van der Waals surface area contributed by atoms with Crippen LogP contribution in [0.1, 0.15) is 29.5 Å². The summed E-state index contributed by atoms with van der Waals surface area (Å²) in [4.78, 5) is 0. The van der Waals surface area contributed by atoms with Crippen LogP contribution in [0.15, 0.2) is 72.8 Å². The van der Waals surface area contributed by atoms with Gasteiger partial charge < -0.3 is 14.2 Å². The molecule has 0 spiro atoms. The molecule has 6 heteroatoms. The molecule has 31 heavy (non-hydrogen) atoms. The number of ether oxygens (including phenoxy) is 3. The van der Waals surface area contributed by atoms with Gasteiger partial charge in [0.2, 0.25) is 3.79 Å². The van der Waals surface area contributed by atoms with Gasteiger partial charge in [0.1, 0.15) is 17.2 Å². The van der Waals surface area contributed by atoms with Gasteiger partial charge in [-0.15, -0.1) is 0 Å². The minimum atomic E-state index is -1.46. The highest BCUT2D eigenvalue weighted by Crippen LogP contribution is 2.46. The van der Waals surface area contributed by atoms with Gasteiger partial charge in [0.05, 0.1) is 27.2 Å². The molecule has 0 amide bonds. The summed E-state index contributed by atoms with van der Waals surface area (Å²) in [6.07, 6.45) is 1.09. The summed E-state index contributed by atoms with van der Waals surface area (Å²) in [5.41, 5.74) is 3.16. The Morgan fingerprint density at radius 2 is 0.935 bits per heavy atom. The normalized spacial score (nSPS) is 10.8. The van der Waals surface area contributed by atoms with Gasteiger partial charge in [-0.3, -0.25) is 0 Å². The van der Waals surface area contributed by atoms with E-state index < -0.39 is 3.79 Å². The Bertz CT molecular complexity index is 832. The van der Waals surface area contributed by atoms with Crippen molar-refractivity contribution in [3.05, 3.63) is 89.5 Å². The number of hydrogen-bond acceptors (Lipinski definition) is 3. The number of hydrogen-bond donors (Lipinski definition) is 0. The van der Waals surface area contributed by atoms with Crippen molar-refractivity contribution in [1.82, 2.24) is 0 Å². The first-order valence-electron chi connectivity index (χ1n) is 9.79. The van der Waals surface area contributed by atoms with Crippen LogP contribution in [0.2, 0.25) is 0 Å². The second-order valence-electron chi connectivity index (χ2n) is 6.72. The Balaban J connectivity index is 0.000000285. The fourth-order valence-electron chi connectivity index (χ4n) is 3.02. The Hall–Kier alpha value is -2.07. The monoisotopic (exact) mass is 480 g/mol. The van der Waals surface area contributed by atoms with Crippen LogP contribution in [0.3, 0.4) is 0 Å². The molecular formula is C25H27Cl3O3. The molecule has 0 saturated carbocycles. The fourth-order valence-corrected chi connectivity index (χ4v) is 3.78. The number of aryl methyl sites for hydroxylation is 1. The number of methoxy groups -OCH3 is 3. The van der Waals surface area contributed by atoms with E-state index in [2.05, 4.69) is 19.1 Å². The van der Waals surface area contributed by atoms with Crippen LogP contribution in [-0.4, -0.2) is 25.1 Å². The molecule has 0 aliphatic carbocycles. The molecule has 0 saturated heterocycles. The standard InChI is InChI=1S/C16H15Cl3O2.C9H12O/c1-20-13-7-3-11(4-8-13)15(16(17,18)19)12-5-9-14(21-2)10-6-12;1-3-8-4-6-9(10-2)7-5-8/h3-10,15H,1-2H3;4-7H,3H2,1-2H3. The second-order valence-corrected chi connectivity index (χ2v) is 9.09. The second kappa shape index (κ2) is 12.1. The molecule has 166 valence electrons. The third kappa shape index (κ3) is 7.53. The van der Waals surface area contributed by atoms with Gasteiger partial charge in [0, 0.05) is 0 Å². The molecule has 0 fully saturated rings. The van der Waals surface area contributed by atoms with E-state index in [1.54, 1.807) is 21.3 Å². The summed E-state index contributed by atoms with van der Waals surface area (Å²) >= 11 is 18.6. The quantitative estimate of drug-likeness (QED) is 0.342. The highest BCUT2D eigenvalue weighted by atomic mass is 35.6. The summed E-state index contributed by atoms with van der Waals surface area (Å²) in [5, 5.41) is 0. The number of alkyl halides is 3. The number of benzene rings is 3. The minimum absolute atomic E-state index is 0.376. The van der Waals surface area contributed by atoms with Crippen LogP contribution < -0.4 is 14.2 Å². The molecule has 0 heterocycles. The van der Waals surface area contributed by atoms with Crippen molar-refractivity contribution in [3.63, 3.8) is 0 Å². The maximum absolute atomic E-state index is 6.18. The molecule has 0 aliphatic rings. The zero-order chi connectivity index (χ0) is 22.9. The van der Waals surface area contributed by atoms with Crippen molar-refractivity contribution in [1.29, 1.82) is 0 Å². The van der Waals surface area contributed by atoms with E-state index in [4.69, 9.17) is 49.0 Å². The predicted molar refractivity (Wildman–Crippen MR) is 130 cm³/mol. The first kappa shape index (κ1) is 25.2. The van der Waals surface area contributed by atoms with Gasteiger partial charge in [-0.2, -0.15) is 0 Å². The lowest BCUT2D eigenvalue weighted by Crippen LogP contribution is -2.18. The van der Waals surface area contributed by atoms with Crippen LogP contribution in [0.5, 0.6) is 17.2 Å². The van der Waals surface area contributed by atoms with E-state index >= 15 is 0 Å². The van der Waals surface area contributed by atoms with Gasteiger partial charge >= 0.3 is 0 Å². The van der Waals surface area contributed by atoms with Crippen LogP contribution in [0.4, 0.5) is 0 Å². The third-order valence-corrected chi connectivity index (χ3v) is 5.45. The molecule has 3 rings (SSSR count). The van der Waals surface area contributed by atoms with Crippen molar-refractivity contribution in [2.24, 2.45) is 0 Å². The third-order valence-electron chi connectivity index (χ3n) is 4.79. The van der Waals surface area contributed by atoms with Gasteiger partial charge in [0.15, 0.2) is 0 Å². The van der Waals surface area contributed by atoms with Crippen molar-refractivity contribution >= 4 is 34.8 Å². The summed E-state index contributed by atoms with van der Waals surface area (Å²) < 4.78 is 13.9. The molecule has 0 N–H and O–H groups in total. The zero-order valence-electron chi connectivity index (χ0n) is 18.1. The Kier molecular flexibility index (Phi) is 9.83. The van der Waals surface area contributed by atoms with E-state index in [1.807, 2.05) is 60.7 Å². The molecule has 0 bridgehead atoms. The Morgan fingerprint density at radius 1 is 0.613 bits per heavy atom. The van der Waals surface area contributed by atoms with Crippen LogP contribution in [0, 0.1) is 0 Å². The lowest BCUT2D eigenvalue weighted by atomic mass is 9.92. The largest absolute Gasteiger partial charge is 0.497 e. The van der Waals surface area contributed by atoms with E-state index in [-0.39, 0.29) is 5.92 Å². The molecular weight excluding hydrogens is 455 g/mol. The topological polar surface area (TPSA) is 27.7 Å². The lowest BCUT2D eigenvalue weighted by molar-refractivity contribution is 0.414. The first-order valence-corrected chi connectivity index (χ1v) is 10.9. The van der Waals surface area contributed by atoms with Gasteiger partial charge in [0.25, 0.3) is 0 Å². The highest BCUT2D eigenvalue weighted by molar-refractivity contribution is 6.68. The average Bonchev–Trinajstić information content (AvgIpc) is 2.79. The Morgan fingerprint density at radius 3 is 1.19 bits per heavy atom. The minimum Gasteiger partial charge on any atom is -0.497 e. The molecule has 0 aliphatic heterocycles. The zero-order valence-corrected chi connectivity index (χ0v) is 20.3. The van der Waals surface area contributed by atoms with Crippen LogP contribution in [-0.2, 0) is 6.42 Å². The fraction of sp³-hybridized carbons (Fsp3) is 0.280. The van der Waals surface area contributed by atoms with Crippen molar-refractivity contribution in [3.8, 4) is 17.2 Å². The van der Waals surface area contributed by atoms with E-state index in [1.165, 1.54) is 5.56 Å². The lowest BCUT2D eigenvalue weighted by Gasteiger charge is -2.25. The molecule has 3 aromatic rings. The van der Waals surface area contributed by atoms with Crippen molar-refractivity contribution < 1.29 is 14.2 Å². The summed E-state index contributed by atoms with van der Waals surface area (Å²) in [5.74, 6) is 2.07. The molecule has 0 aromatic heterocycles. The van der Waals surface area contributed by atoms with E-state index in [0.29, 0.717) is 0 Å². The van der Waals surface area contributed by atoms with Gasteiger partial charge in [-0.1, -0.05) is 78.1 Å². The van der Waals surface area contributed by atoms with Crippen LogP contribution in [0.25, 0.3) is 0 Å². The summed E-state index contributed by atoms with van der Waals surface area (Å²) in [6.45, 7) is 2.14. The molecule has 3 nitrogen and oxygen atoms in total. The first-order chi connectivity index (χ1) is 14.8.